The SMILES string of the molecule is CC(CO)C(CO)(CO)CCCCCCCCCC(=O)O. The summed E-state index contributed by atoms with van der Waals surface area (Å²) >= 11 is 0. The Morgan fingerprint density at radius 3 is 1.81 bits per heavy atom. The van der Waals surface area contributed by atoms with Crippen LogP contribution in [-0.4, -0.2) is 46.2 Å². The quantitative estimate of drug-likeness (QED) is 0.369. The zero-order valence-corrected chi connectivity index (χ0v) is 13.3. The summed E-state index contributed by atoms with van der Waals surface area (Å²) in [6, 6.07) is 0. The van der Waals surface area contributed by atoms with Crippen LogP contribution in [0.5, 0.6) is 0 Å². The fourth-order valence-corrected chi connectivity index (χ4v) is 2.60. The lowest BCUT2D eigenvalue weighted by molar-refractivity contribution is -0.137. The molecule has 0 spiro atoms. The van der Waals surface area contributed by atoms with Gasteiger partial charge in [-0.1, -0.05) is 45.4 Å². The van der Waals surface area contributed by atoms with Crippen molar-refractivity contribution in [1.29, 1.82) is 0 Å². The van der Waals surface area contributed by atoms with Crippen LogP contribution < -0.4 is 0 Å². The fraction of sp³-hybridized carbons (Fsp3) is 0.938. The average Bonchev–Trinajstić information content (AvgIpc) is 2.49. The minimum absolute atomic E-state index is 0.0231. The molecule has 5 nitrogen and oxygen atoms in total. The van der Waals surface area contributed by atoms with Crippen LogP contribution in [0.2, 0.25) is 0 Å². The third kappa shape index (κ3) is 8.39. The fourth-order valence-electron chi connectivity index (χ4n) is 2.60. The Labute approximate surface area is 128 Å². The maximum Gasteiger partial charge on any atom is 0.303 e. The van der Waals surface area contributed by atoms with Gasteiger partial charge in [-0.2, -0.15) is 0 Å². The van der Waals surface area contributed by atoms with Gasteiger partial charge in [0.2, 0.25) is 0 Å². The molecule has 0 aliphatic carbocycles. The standard InChI is InChI=1S/C16H32O5/c1-14(11-17)16(12-18,13-19)10-8-6-4-2-3-5-7-9-15(20)21/h14,17-19H,2-13H2,1H3,(H,20,21). The average molecular weight is 304 g/mol. The Morgan fingerprint density at radius 1 is 0.905 bits per heavy atom. The van der Waals surface area contributed by atoms with E-state index in [0.29, 0.717) is 0 Å². The summed E-state index contributed by atoms with van der Waals surface area (Å²) in [5.41, 5.74) is -0.573. The Bertz CT molecular complexity index is 263. The molecule has 0 bridgehead atoms. The molecule has 0 aliphatic heterocycles. The number of rotatable bonds is 14. The highest BCUT2D eigenvalue weighted by Crippen LogP contribution is 2.32. The molecular formula is C16H32O5. The molecule has 0 saturated carbocycles. The molecule has 21 heavy (non-hydrogen) atoms. The van der Waals surface area contributed by atoms with E-state index in [-0.39, 0.29) is 32.2 Å². The summed E-state index contributed by atoms with van der Waals surface area (Å²) < 4.78 is 0. The molecule has 0 aromatic carbocycles. The topological polar surface area (TPSA) is 98.0 Å². The number of hydrogen-bond acceptors (Lipinski definition) is 4. The molecule has 0 rings (SSSR count). The summed E-state index contributed by atoms with van der Waals surface area (Å²) in [5, 5.41) is 36.8. The first-order valence-electron chi connectivity index (χ1n) is 8.06. The van der Waals surface area contributed by atoms with Crippen molar-refractivity contribution in [2.24, 2.45) is 11.3 Å². The Morgan fingerprint density at radius 2 is 1.38 bits per heavy atom. The second-order valence-electron chi connectivity index (χ2n) is 6.13. The van der Waals surface area contributed by atoms with Crippen LogP contribution in [0.4, 0.5) is 0 Å². The molecule has 0 aromatic heterocycles. The largest absolute Gasteiger partial charge is 0.481 e. The van der Waals surface area contributed by atoms with Crippen LogP contribution in [0.1, 0.15) is 64.7 Å². The summed E-state index contributed by atoms with van der Waals surface area (Å²) in [6.45, 7) is 1.64. The number of carboxylic acids is 1. The van der Waals surface area contributed by atoms with Crippen LogP contribution in [-0.2, 0) is 4.79 Å². The van der Waals surface area contributed by atoms with Crippen LogP contribution in [0.25, 0.3) is 0 Å². The lowest BCUT2D eigenvalue weighted by atomic mass is 9.74. The number of carboxylic acid groups (broad SMARTS) is 1. The number of hydrogen-bond donors (Lipinski definition) is 4. The first-order valence-corrected chi connectivity index (χ1v) is 8.06. The van der Waals surface area contributed by atoms with Gasteiger partial charge < -0.3 is 20.4 Å². The van der Waals surface area contributed by atoms with E-state index in [4.69, 9.17) is 5.11 Å². The van der Waals surface area contributed by atoms with E-state index < -0.39 is 11.4 Å². The minimum atomic E-state index is -0.725. The minimum Gasteiger partial charge on any atom is -0.481 e. The van der Waals surface area contributed by atoms with Crippen molar-refractivity contribution in [3.05, 3.63) is 0 Å². The summed E-state index contributed by atoms with van der Waals surface area (Å²) in [5.74, 6) is -0.833. The predicted octanol–water partition coefficient (Wildman–Crippen LogP) is 2.18. The molecule has 0 heterocycles. The van der Waals surface area contributed by atoms with E-state index in [2.05, 4.69) is 0 Å². The van der Waals surface area contributed by atoms with Gasteiger partial charge in [-0.05, 0) is 18.8 Å². The normalized spacial score (nSPS) is 13.3. The predicted molar refractivity (Wildman–Crippen MR) is 82.0 cm³/mol. The lowest BCUT2D eigenvalue weighted by Gasteiger charge is -2.35. The van der Waals surface area contributed by atoms with Gasteiger partial charge in [-0.15, -0.1) is 0 Å². The van der Waals surface area contributed by atoms with Gasteiger partial charge in [-0.3, -0.25) is 4.79 Å². The van der Waals surface area contributed by atoms with Gasteiger partial charge in [0.15, 0.2) is 0 Å². The molecule has 0 aliphatic rings. The highest BCUT2D eigenvalue weighted by molar-refractivity contribution is 5.66. The monoisotopic (exact) mass is 304 g/mol. The zero-order valence-electron chi connectivity index (χ0n) is 13.3. The molecule has 0 fully saturated rings. The molecule has 0 aromatic rings. The van der Waals surface area contributed by atoms with Crippen molar-refractivity contribution >= 4 is 5.97 Å². The molecule has 4 N–H and O–H groups in total. The van der Waals surface area contributed by atoms with Crippen molar-refractivity contribution in [1.82, 2.24) is 0 Å². The van der Waals surface area contributed by atoms with E-state index in [1.54, 1.807) is 0 Å². The van der Waals surface area contributed by atoms with Gasteiger partial charge in [0.1, 0.15) is 0 Å². The summed E-state index contributed by atoms with van der Waals surface area (Å²) in [6.07, 6.45) is 7.92. The van der Waals surface area contributed by atoms with Crippen molar-refractivity contribution < 1.29 is 25.2 Å². The molecule has 0 radical (unpaired) electrons. The summed E-state index contributed by atoms with van der Waals surface area (Å²) in [7, 11) is 0. The van der Waals surface area contributed by atoms with Crippen LogP contribution in [0, 0.1) is 11.3 Å². The first kappa shape index (κ1) is 20.3. The Hall–Kier alpha value is -0.650. The second kappa shape index (κ2) is 12.0. The van der Waals surface area contributed by atoms with Crippen molar-refractivity contribution in [2.45, 2.75) is 64.7 Å². The van der Waals surface area contributed by atoms with Crippen molar-refractivity contribution in [3.63, 3.8) is 0 Å². The molecular weight excluding hydrogens is 272 g/mol. The van der Waals surface area contributed by atoms with Crippen molar-refractivity contribution in [3.8, 4) is 0 Å². The number of aliphatic hydroxyl groups excluding tert-OH is 3. The second-order valence-corrected chi connectivity index (χ2v) is 6.13. The molecule has 126 valence electrons. The highest BCUT2D eigenvalue weighted by atomic mass is 16.4. The van der Waals surface area contributed by atoms with Crippen molar-refractivity contribution in [2.75, 3.05) is 19.8 Å². The van der Waals surface area contributed by atoms with Gasteiger partial charge in [-0.25, -0.2) is 0 Å². The van der Waals surface area contributed by atoms with Gasteiger partial charge in [0, 0.05) is 18.4 Å². The van der Waals surface area contributed by atoms with Gasteiger partial charge >= 0.3 is 5.97 Å². The van der Waals surface area contributed by atoms with E-state index in [0.717, 1.165) is 51.4 Å². The molecule has 0 amide bonds. The van der Waals surface area contributed by atoms with E-state index in [1.165, 1.54) is 0 Å². The highest BCUT2D eigenvalue weighted by Gasteiger charge is 2.34. The maximum atomic E-state index is 10.3. The number of carbonyl (C=O) groups is 1. The molecule has 1 atom stereocenters. The van der Waals surface area contributed by atoms with Crippen LogP contribution in [0.15, 0.2) is 0 Å². The number of unbranched alkanes of at least 4 members (excludes halogenated alkanes) is 6. The lowest BCUT2D eigenvalue weighted by Crippen LogP contribution is -2.38. The molecule has 5 heteroatoms. The van der Waals surface area contributed by atoms with E-state index in [9.17, 15) is 20.1 Å². The third-order valence-corrected chi connectivity index (χ3v) is 4.51. The zero-order chi connectivity index (χ0) is 16.1. The van der Waals surface area contributed by atoms with E-state index in [1.807, 2.05) is 6.92 Å². The van der Waals surface area contributed by atoms with Crippen LogP contribution >= 0.6 is 0 Å². The van der Waals surface area contributed by atoms with Crippen LogP contribution in [0.3, 0.4) is 0 Å². The van der Waals surface area contributed by atoms with E-state index >= 15 is 0 Å². The molecule has 1 unspecified atom stereocenters. The Kier molecular flexibility index (Phi) is 11.6. The number of aliphatic hydroxyl groups is 3. The third-order valence-electron chi connectivity index (χ3n) is 4.51. The maximum absolute atomic E-state index is 10.3. The number of aliphatic carboxylic acids is 1. The Balaban J connectivity index is 3.70. The first-order chi connectivity index (χ1) is 10.0. The molecule has 0 saturated heterocycles. The smallest absolute Gasteiger partial charge is 0.303 e. The van der Waals surface area contributed by atoms with Gasteiger partial charge in [0.25, 0.3) is 0 Å². The van der Waals surface area contributed by atoms with Gasteiger partial charge in [0.05, 0.1) is 13.2 Å². The summed E-state index contributed by atoms with van der Waals surface area (Å²) in [4.78, 5) is 10.3.